The summed E-state index contributed by atoms with van der Waals surface area (Å²) in [4.78, 5) is 46.6. The number of hydrogen-bond acceptors (Lipinski definition) is 5. The molecule has 0 saturated heterocycles. The summed E-state index contributed by atoms with van der Waals surface area (Å²) in [5.74, 6) is -5.06. The molecule has 0 heterocycles. The van der Waals surface area contributed by atoms with Gasteiger partial charge in [0.15, 0.2) is 0 Å². The van der Waals surface area contributed by atoms with Crippen molar-refractivity contribution < 1.29 is 34.1 Å². The second-order valence-corrected chi connectivity index (χ2v) is 6.87. The van der Waals surface area contributed by atoms with Gasteiger partial charge in [0.25, 0.3) is 0 Å². The maximum absolute atomic E-state index is 12.0. The van der Waals surface area contributed by atoms with Crippen molar-refractivity contribution in [2.24, 2.45) is 5.92 Å². The summed E-state index contributed by atoms with van der Waals surface area (Å²) >= 11 is 0. The van der Waals surface area contributed by atoms with Gasteiger partial charge < -0.3 is 25.6 Å². The Morgan fingerprint density at radius 2 is 1.63 bits per heavy atom. The molecule has 0 aliphatic rings. The highest BCUT2D eigenvalue weighted by atomic mass is 16.6. The highest BCUT2D eigenvalue weighted by Gasteiger charge is 2.35. The fourth-order valence-corrected chi connectivity index (χ4v) is 2.24. The minimum Gasteiger partial charge on any atom is -0.481 e. The summed E-state index contributed by atoms with van der Waals surface area (Å²) in [6, 6.07) is 6.83. The molecule has 0 bridgehead atoms. The molecule has 1 aromatic carbocycles. The van der Waals surface area contributed by atoms with Gasteiger partial charge >= 0.3 is 18.0 Å². The van der Waals surface area contributed by atoms with E-state index in [2.05, 4.69) is 10.6 Å². The summed E-state index contributed by atoms with van der Waals surface area (Å²) in [6.07, 6.45) is -0.920. The first-order chi connectivity index (χ1) is 12.5. The topological polar surface area (TPSA) is 142 Å². The first-order valence-electron chi connectivity index (χ1n) is 8.25. The van der Waals surface area contributed by atoms with E-state index in [1.165, 1.54) is 0 Å². The standard InChI is InChI=1S/C18H24N2O7/c1-18(2,3)27-17(26)19-10-13(21)20-14(16(24)25)12(15(22)23)9-11-7-5-4-6-8-11/h4-8,12,14H,9-10H2,1-3H3,(H,19,26)(H,20,21)(H,22,23)(H,24,25)/t12?,14-/m0/s1. The van der Waals surface area contributed by atoms with Gasteiger partial charge in [-0.2, -0.15) is 0 Å². The number of ether oxygens (including phenoxy) is 1. The lowest BCUT2D eigenvalue weighted by molar-refractivity contribution is -0.152. The van der Waals surface area contributed by atoms with Gasteiger partial charge in [-0.05, 0) is 32.8 Å². The lowest BCUT2D eigenvalue weighted by Crippen LogP contribution is -2.52. The van der Waals surface area contributed by atoms with Crippen LogP contribution in [-0.4, -0.2) is 52.3 Å². The average molecular weight is 380 g/mol. The van der Waals surface area contributed by atoms with Crippen molar-refractivity contribution >= 4 is 23.9 Å². The maximum Gasteiger partial charge on any atom is 0.408 e. The minimum atomic E-state index is -1.66. The molecule has 0 radical (unpaired) electrons. The van der Waals surface area contributed by atoms with Crippen LogP contribution in [0.5, 0.6) is 0 Å². The van der Waals surface area contributed by atoms with Gasteiger partial charge in [0.05, 0.1) is 5.92 Å². The van der Waals surface area contributed by atoms with Crippen molar-refractivity contribution in [1.82, 2.24) is 10.6 Å². The predicted octanol–water partition coefficient (Wildman–Crippen LogP) is 1.02. The zero-order chi connectivity index (χ0) is 20.6. The fourth-order valence-electron chi connectivity index (χ4n) is 2.24. The summed E-state index contributed by atoms with van der Waals surface area (Å²) in [7, 11) is 0. The van der Waals surface area contributed by atoms with Crippen molar-refractivity contribution in [1.29, 1.82) is 0 Å². The maximum atomic E-state index is 12.0. The third-order valence-electron chi connectivity index (χ3n) is 3.39. The van der Waals surface area contributed by atoms with E-state index in [4.69, 9.17) is 4.74 Å². The average Bonchev–Trinajstić information content (AvgIpc) is 2.55. The van der Waals surface area contributed by atoms with Gasteiger partial charge in [-0.1, -0.05) is 30.3 Å². The van der Waals surface area contributed by atoms with Crippen molar-refractivity contribution in [2.75, 3.05) is 6.54 Å². The van der Waals surface area contributed by atoms with Crippen LogP contribution in [-0.2, 0) is 25.5 Å². The zero-order valence-electron chi connectivity index (χ0n) is 15.4. The number of hydrogen-bond donors (Lipinski definition) is 4. The normalized spacial score (nSPS) is 13.1. The van der Waals surface area contributed by atoms with Gasteiger partial charge in [0.2, 0.25) is 5.91 Å². The molecular formula is C18H24N2O7. The van der Waals surface area contributed by atoms with Crippen LogP contribution >= 0.6 is 0 Å². The summed E-state index contributed by atoms with van der Waals surface area (Å²) < 4.78 is 4.96. The van der Waals surface area contributed by atoms with Crippen molar-refractivity contribution in [3.05, 3.63) is 35.9 Å². The molecule has 0 aromatic heterocycles. The largest absolute Gasteiger partial charge is 0.481 e. The van der Waals surface area contributed by atoms with Gasteiger partial charge in [0.1, 0.15) is 18.2 Å². The monoisotopic (exact) mass is 380 g/mol. The summed E-state index contributed by atoms with van der Waals surface area (Å²) in [6.45, 7) is 4.40. The molecule has 2 atom stereocenters. The Kier molecular flexibility index (Phi) is 7.77. The third kappa shape index (κ3) is 8.21. The Balaban J connectivity index is 2.75. The van der Waals surface area contributed by atoms with Gasteiger partial charge in [-0.3, -0.25) is 9.59 Å². The molecule has 1 unspecified atom stereocenters. The molecule has 4 N–H and O–H groups in total. The number of rotatable bonds is 8. The fraction of sp³-hybridized carbons (Fsp3) is 0.444. The Hall–Kier alpha value is -3.10. The van der Waals surface area contributed by atoms with Crippen LogP contribution in [0.2, 0.25) is 0 Å². The number of carboxylic acid groups (broad SMARTS) is 2. The minimum absolute atomic E-state index is 0.0765. The molecule has 1 rings (SSSR count). The van der Waals surface area contributed by atoms with E-state index in [0.717, 1.165) is 0 Å². The Labute approximate surface area is 156 Å². The van der Waals surface area contributed by atoms with Crippen LogP contribution in [0, 0.1) is 5.92 Å². The van der Waals surface area contributed by atoms with E-state index in [1.54, 1.807) is 51.1 Å². The van der Waals surface area contributed by atoms with Crippen LogP contribution in [0.25, 0.3) is 0 Å². The number of carbonyl (C=O) groups is 4. The van der Waals surface area contributed by atoms with Crippen LogP contribution in [0.4, 0.5) is 4.79 Å². The highest BCUT2D eigenvalue weighted by Crippen LogP contribution is 2.14. The van der Waals surface area contributed by atoms with E-state index in [0.29, 0.717) is 5.56 Å². The van der Waals surface area contributed by atoms with E-state index in [1.807, 2.05) is 0 Å². The first kappa shape index (κ1) is 21.9. The molecule has 0 aliphatic carbocycles. The Bertz CT molecular complexity index is 683. The Morgan fingerprint density at radius 3 is 2.11 bits per heavy atom. The predicted molar refractivity (Wildman–Crippen MR) is 95.1 cm³/mol. The molecule has 0 spiro atoms. The van der Waals surface area contributed by atoms with E-state index < -0.39 is 48.0 Å². The second kappa shape index (κ2) is 9.56. The molecular weight excluding hydrogens is 356 g/mol. The highest BCUT2D eigenvalue weighted by molar-refractivity contribution is 5.89. The van der Waals surface area contributed by atoms with Crippen LogP contribution < -0.4 is 10.6 Å². The number of amides is 2. The second-order valence-electron chi connectivity index (χ2n) is 6.87. The molecule has 2 amide bonds. The van der Waals surface area contributed by atoms with Crippen molar-refractivity contribution in [3.8, 4) is 0 Å². The molecule has 1 aromatic rings. The van der Waals surface area contributed by atoms with Crippen molar-refractivity contribution in [3.63, 3.8) is 0 Å². The van der Waals surface area contributed by atoms with E-state index in [9.17, 15) is 29.4 Å². The quantitative estimate of drug-likeness (QED) is 0.527. The zero-order valence-corrected chi connectivity index (χ0v) is 15.4. The number of aliphatic carboxylic acids is 2. The molecule has 148 valence electrons. The first-order valence-corrected chi connectivity index (χ1v) is 8.25. The molecule has 0 aliphatic heterocycles. The lowest BCUT2D eigenvalue weighted by Gasteiger charge is -2.22. The molecule has 9 nitrogen and oxygen atoms in total. The van der Waals surface area contributed by atoms with Gasteiger partial charge in [-0.25, -0.2) is 9.59 Å². The van der Waals surface area contributed by atoms with Crippen molar-refractivity contribution in [2.45, 2.75) is 38.8 Å². The lowest BCUT2D eigenvalue weighted by atomic mass is 9.92. The molecule has 9 heteroatoms. The van der Waals surface area contributed by atoms with Crippen LogP contribution in [0.1, 0.15) is 26.3 Å². The number of carbonyl (C=O) groups excluding carboxylic acids is 2. The summed E-state index contributed by atoms with van der Waals surface area (Å²) in [5.41, 5.74) is -0.133. The SMILES string of the molecule is CC(C)(C)OC(=O)NCC(=O)N[C@H](C(=O)O)C(Cc1ccccc1)C(=O)O. The smallest absolute Gasteiger partial charge is 0.408 e. The summed E-state index contributed by atoms with van der Waals surface area (Å²) in [5, 5.41) is 23.1. The number of benzene rings is 1. The van der Waals surface area contributed by atoms with Gasteiger partial charge in [0, 0.05) is 0 Å². The van der Waals surface area contributed by atoms with Gasteiger partial charge in [-0.15, -0.1) is 0 Å². The third-order valence-corrected chi connectivity index (χ3v) is 3.39. The Morgan fingerprint density at radius 1 is 1.04 bits per heavy atom. The van der Waals surface area contributed by atoms with E-state index in [-0.39, 0.29) is 6.42 Å². The number of nitrogens with one attached hydrogen (secondary N) is 2. The number of carboxylic acids is 2. The van der Waals surface area contributed by atoms with Crippen LogP contribution in [0.15, 0.2) is 30.3 Å². The van der Waals surface area contributed by atoms with Crippen LogP contribution in [0.3, 0.4) is 0 Å². The number of alkyl carbamates (subject to hydrolysis) is 1. The molecule has 27 heavy (non-hydrogen) atoms. The van der Waals surface area contributed by atoms with E-state index >= 15 is 0 Å². The molecule has 0 saturated carbocycles. The molecule has 0 fully saturated rings.